The van der Waals surface area contributed by atoms with Gasteiger partial charge in [0.25, 0.3) is 0 Å². The highest BCUT2D eigenvalue weighted by atomic mass is 127. The molecule has 1 aromatic carbocycles. The van der Waals surface area contributed by atoms with Crippen LogP contribution in [0, 0.1) is 0 Å². The highest BCUT2D eigenvalue weighted by Gasteiger charge is 2.32. The molecule has 1 N–H and O–H groups in total. The summed E-state index contributed by atoms with van der Waals surface area (Å²) in [6.45, 7) is 4.41. The molecule has 1 aromatic rings. The van der Waals surface area contributed by atoms with E-state index in [-0.39, 0.29) is 30.1 Å². The summed E-state index contributed by atoms with van der Waals surface area (Å²) < 4.78 is 56.0. The van der Waals surface area contributed by atoms with Crippen LogP contribution in [0.2, 0.25) is 0 Å². The van der Waals surface area contributed by atoms with E-state index in [4.69, 9.17) is 14.2 Å². The summed E-state index contributed by atoms with van der Waals surface area (Å²) in [6, 6.07) is 5.34. The first-order valence-electron chi connectivity index (χ1n) is 10.4. The molecule has 0 aliphatic carbocycles. The Hall–Kier alpha value is -1.11. The molecule has 6 nitrogen and oxygen atoms in total. The van der Waals surface area contributed by atoms with Gasteiger partial charge < -0.3 is 24.4 Å². The molecule has 0 spiro atoms. The maximum atomic E-state index is 13.0. The first kappa shape index (κ1) is 26.1. The predicted molar refractivity (Wildman–Crippen MR) is 123 cm³/mol. The fourth-order valence-corrected chi connectivity index (χ4v) is 3.66. The number of guanidine groups is 1. The van der Waals surface area contributed by atoms with Gasteiger partial charge in [-0.05, 0) is 37.0 Å². The van der Waals surface area contributed by atoms with E-state index < -0.39 is 17.8 Å². The monoisotopic (exact) mass is 557 g/mol. The fraction of sp³-hybridized carbons (Fsp3) is 0.667. The zero-order valence-corrected chi connectivity index (χ0v) is 20.0. The van der Waals surface area contributed by atoms with Crippen LogP contribution in [0.4, 0.5) is 13.2 Å². The minimum absolute atomic E-state index is 0. The second kappa shape index (κ2) is 12.8. The molecule has 0 aromatic heterocycles. The topological polar surface area (TPSA) is 55.3 Å². The Morgan fingerprint density at radius 3 is 2.74 bits per heavy atom. The van der Waals surface area contributed by atoms with Gasteiger partial charge in [-0.25, -0.2) is 0 Å². The standard InChI is InChI=1S/C21H30F3N3O3.HI/c1-25-20(26-8-3-10-29-18-6-11-28-12-7-18)27-9-13-30-19(15-27)16-4-2-5-17(14-16)21(22,23)24;/h2,4-5,14,18-19H,3,6-13,15H2,1H3,(H,25,26);1H. The number of morpholine rings is 1. The highest BCUT2D eigenvalue weighted by Crippen LogP contribution is 2.32. The lowest BCUT2D eigenvalue weighted by Crippen LogP contribution is -2.48. The van der Waals surface area contributed by atoms with Gasteiger partial charge in [0.15, 0.2) is 5.96 Å². The summed E-state index contributed by atoms with van der Waals surface area (Å²) >= 11 is 0. The molecular weight excluding hydrogens is 526 g/mol. The molecule has 2 aliphatic heterocycles. The van der Waals surface area contributed by atoms with E-state index >= 15 is 0 Å². The van der Waals surface area contributed by atoms with Crippen molar-refractivity contribution >= 4 is 29.9 Å². The molecule has 1 unspecified atom stereocenters. The van der Waals surface area contributed by atoms with Crippen LogP contribution in [0.1, 0.15) is 36.5 Å². The van der Waals surface area contributed by atoms with Crippen LogP contribution in [0.25, 0.3) is 0 Å². The van der Waals surface area contributed by atoms with Crippen molar-refractivity contribution in [3.63, 3.8) is 0 Å². The summed E-state index contributed by atoms with van der Waals surface area (Å²) in [5.74, 6) is 0.723. The van der Waals surface area contributed by atoms with Gasteiger partial charge in [0.1, 0.15) is 6.10 Å². The maximum absolute atomic E-state index is 13.0. The Kier molecular flexibility index (Phi) is 10.8. The number of halogens is 4. The molecule has 176 valence electrons. The summed E-state index contributed by atoms with van der Waals surface area (Å²) in [6.07, 6.45) is -1.78. The lowest BCUT2D eigenvalue weighted by Gasteiger charge is -2.35. The number of benzene rings is 1. The number of nitrogens with zero attached hydrogens (tertiary/aromatic N) is 2. The van der Waals surface area contributed by atoms with Crippen molar-refractivity contribution in [1.29, 1.82) is 0 Å². The third-order valence-corrected chi connectivity index (χ3v) is 5.29. The van der Waals surface area contributed by atoms with Crippen LogP contribution in [0.15, 0.2) is 29.3 Å². The van der Waals surface area contributed by atoms with Crippen molar-refractivity contribution < 1.29 is 27.4 Å². The van der Waals surface area contributed by atoms with Gasteiger partial charge in [-0.1, -0.05) is 12.1 Å². The third kappa shape index (κ3) is 8.07. The molecule has 0 bridgehead atoms. The molecule has 0 radical (unpaired) electrons. The van der Waals surface area contributed by atoms with Crippen LogP contribution >= 0.6 is 24.0 Å². The number of hydrogen-bond donors (Lipinski definition) is 1. The van der Waals surface area contributed by atoms with Crippen LogP contribution in [0.5, 0.6) is 0 Å². The van der Waals surface area contributed by atoms with Gasteiger partial charge in [-0.2, -0.15) is 13.2 Å². The Labute approximate surface area is 198 Å². The van der Waals surface area contributed by atoms with Gasteiger partial charge in [0.2, 0.25) is 0 Å². The fourth-order valence-electron chi connectivity index (χ4n) is 3.66. The summed E-state index contributed by atoms with van der Waals surface area (Å²) in [7, 11) is 1.70. The van der Waals surface area contributed by atoms with Crippen LogP contribution < -0.4 is 5.32 Å². The van der Waals surface area contributed by atoms with Gasteiger partial charge in [-0.3, -0.25) is 4.99 Å². The summed E-state index contributed by atoms with van der Waals surface area (Å²) in [5, 5.41) is 3.32. The number of rotatable bonds is 6. The first-order chi connectivity index (χ1) is 14.5. The van der Waals surface area contributed by atoms with Crippen LogP contribution in [-0.2, 0) is 20.4 Å². The summed E-state index contributed by atoms with van der Waals surface area (Å²) in [5.41, 5.74) is -0.136. The minimum Gasteiger partial charge on any atom is -0.381 e. The van der Waals surface area contributed by atoms with Gasteiger partial charge in [0.05, 0.1) is 24.8 Å². The van der Waals surface area contributed by atoms with Gasteiger partial charge in [-0.15, -0.1) is 24.0 Å². The smallest absolute Gasteiger partial charge is 0.381 e. The van der Waals surface area contributed by atoms with Gasteiger partial charge >= 0.3 is 6.18 Å². The number of ether oxygens (including phenoxy) is 3. The molecule has 31 heavy (non-hydrogen) atoms. The van der Waals surface area contributed by atoms with E-state index in [1.807, 2.05) is 4.90 Å². The van der Waals surface area contributed by atoms with E-state index in [9.17, 15) is 13.2 Å². The largest absolute Gasteiger partial charge is 0.416 e. The second-order valence-corrected chi connectivity index (χ2v) is 7.44. The Bertz CT molecular complexity index is 700. The Morgan fingerprint density at radius 1 is 1.26 bits per heavy atom. The third-order valence-electron chi connectivity index (χ3n) is 5.29. The van der Waals surface area contributed by atoms with Crippen molar-refractivity contribution in [3.05, 3.63) is 35.4 Å². The Balaban J connectivity index is 0.00000341. The molecule has 2 saturated heterocycles. The zero-order chi connectivity index (χ0) is 21.4. The van der Waals surface area contributed by atoms with Gasteiger partial charge in [0, 0.05) is 40.0 Å². The second-order valence-electron chi connectivity index (χ2n) is 7.44. The van der Waals surface area contributed by atoms with E-state index in [2.05, 4.69) is 10.3 Å². The van der Waals surface area contributed by atoms with E-state index in [0.29, 0.717) is 38.4 Å². The lowest BCUT2D eigenvalue weighted by molar-refractivity contribution is -0.137. The highest BCUT2D eigenvalue weighted by molar-refractivity contribution is 14.0. The number of aliphatic imine (C=N–C) groups is 1. The lowest BCUT2D eigenvalue weighted by atomic mass is 10.0. The first-order valence-corrected chi connectivity index (χ1v) is 10.4. The van der Waals surface area contributed by atoms with Crippen molar-refractivity contribution in [2.75, 3.05) is 53.1 Å². The molecule has 2 aliphatic rings. The SMILES string of the molecule is CN=C(NCCCOC1CCOCC1)N1CCOC(c2cccc(C(F)(F)F)c2)C1.I. The van der Waals surface area contributed by atoms with E-state index in [1.54, 1.807) is 13.1 Å². The van der Waals surface area contributed by atoms with E-state index in [0.717, 1.165) is 50.6 Å². The van der Waals surface area contributed by atoms with Crippen LogP contribution in [0.3, 0.4) is 0 Å². The normalized spacial score (nSPS) is 21.0. The molecule has 2 fully saturated rings. The molecule has 2 heterocycles. The minimum atomic E-state index is -4.37. The van der Waals surface area contributed by atoms with Crippen molar-refractivity contribution in [3.8, 4) is 0 Å². The van der Waals surface area contributed by atoms with Crippen molar-refractivity contribution in [1.82, 2.24) is 10.2 Å². The van der Waals surface area contributed by atoms with E-state index in [1.165, 1.54) is 6.07 Å². The number of nitrogens with one attached hydrogen (secondary N) is 1. The average Bonchev–Trinajstić information content (AvgIpc) is 2.76. The zero-order valence-electron chi connectivity index (χ0n) is 17.7. The number of hydrogen-bond acceptors (Lipinski definition) is 4. The molecule has 10 heteroatoms. The molecule has 1 atom stereocenters. The molecule has 3 rings (SSSR count). The van der Waals surface area contributed by atoms with Crippen LogP contribution in [-0.4, -0.2) is 70.1 Å². The quantitative estimate of drug-likeness (QED) is 0.249. The predicted octanol–water partition coefficient (Wildman–Crippen LogP) is 3.86. The van der Waals surface area contributed by atoms with Crippen molar-refractivity contribution in [2.45, 2.75) is 37.6 Å². The van der Waals surface area contributed by atoms with Crippen molar-refractivity contribution in [2.24, 2.45) is 4.99 Å². The summed E-state index contributed by atoms with van der Waals surface area (Å²) in [4.78, 5) is 6.34. The average molecular weight is 557 g/mol. The maximum Gasteiger partial charge on any atom is 0.416 e. The molecule has 0 amide bonds. The molecular formula is C21H31F3IN3O3. The Morgan fingerprint density at radius 2 is 2.03 bits per heavy atom. The molecule has 0 saturated carbocycles. The number of alkyl halides is 3.